The summed E-state index contributed by atoms with van der Waals surface area (Å²) in [4.78, 5) is 16.4. The summed E-state index contributed by atoms with van der Waals surface area (Å²) in [5, 5.41) is 0. The van der Waals surface area contributed by atoms with Gasteiger partial charge in [0.15, 0.2) is 5.69 Å². The predicted octanol–water partition coefficient (Wildman–Crippen LogP) is 4.32. The van der Waals surface area contributed by atoms with E-state index in [0.717, 1.165) is 29.4 Å². The number of alkyl halides is 3. The van der Waals surface area contributed by atoms with E-state index in [4.69, 9.17) is 9.47 Å². The lowest BCUT2D eigenvalue weighted by molar-refractivity contribution is -0.140. The maximum absolute atomic E-state index is 14.7. The molecule has 152 valence electrons. The molecule has 0 spiro atoms. The van der Waals surface area contributed by atoms with Gasteiger partial charge < -0.3 is 9.47 Å². The molecule has 5 nitrogen and oxygen atoms in total. The van der Waals surface area contributed by atoms with E-state index in [-0.39, 0.29) is 17.1 Å². The molecule has 2 aromatic heterocycles. The van der Waals surface area contributed by atoms with Gasteiger partial charge in [0.1, 0.15) is 23.0 Å². The number of pyridine rings is 1. The molecule has 1 fully saturated rings. The highest BCUT2D eigenvalue weighted by atomic mass is 19.4. The summed E-state index contributed by atoms with van der Waals surface area (Å²) in [6, 6.07) is 6.05. The lowest BCUT2D eigenvalue weighted by Crippen LogP contribution is -2.24. The van der Waals surface area contributed by atoms with E-state index < -0.39 is 34.4 Å². The van der Waals surface area contributed by atoms with Crippen molar-refractivity contribution in [2.75, 3.05) is 13.7 Å². The number of aromatic nitrogens is 2. The standard InChI is InChI=1S/C20H16F4N2O3/c1-28-12-6-7-26-16(9-12)25-18(20(22,23)24)17(19(26)27)14-5-4-13(8-15(14)21)29-10-11-2-3-11/h4-9,11H,2-3,10H2,1H3. The molecule has 9 heteroatoms. The molecule has 0 saturated heterocycles. The molecule has 0 bridgehead atoms. The molecule has 4 rings (SSSR count). The molecule has 2 heterocycles. The van der Waals surface area contributed by atoms with Gasteiger partial charge in [0.2, 0.25) is 0 Å². The Morgan fingerprint density at radius 1 is 1.17 bits per heavy atom. The van der Waals surface area contributed by atoms with Crippen LogP contribution in [0.3, 0.4) is 0 Å². The van der Waals surface area contributed by atoms with Gasteiger partial charge in [-0.2, -0.15) is 13.2 Å². The zero-order chi connectivity index (χ0) is 20.8. The summed E-state index contributed by atoms with van der Waals surface area (Å²) >= 11 is 0. The molecular weight excluding hydrogens is 392 g/mol. The Hall–Kier alpha value is -3.10. The summed E-state index contributed by atoms with van der Waals surface area (Å²) in [6.45, 7) is 0.425. The minimum absolute atomic E-state index is 0.199. The number of fused-ring (bicyclic) bond motifs is 1. The molecule has 0 unspecified atom stereocenters. The van der Waals surface area contributed by atoms with Gasteiger partial charge in [0.05, 0.1) is 19.3 Å². The van der Waals surface area contributed by atoms with Crippen molar-refractivity contribution in [1.82, 2.24) is 9.38 Å². The number of nitrogens with zero attached hydrogens (tertiary/aromatic N) is 2. The second-order valence-corrected chi connectivity index (χ2v) is 6.83. The Kier molecular flexibility index (Phi) is 4.68. The molecule has 0 amide bonds. The second-order valence-electron chi connectivity index (χ2n) is 6.83. The Balaban J connectivity index is 1.87. The predicted molar refractivity (Wildman–Crippen MR) is 96.6 cm³/mol. The van der Waals surface area contributed by atoms with Gasteiger partial charge in [-0.25, -0.2) is 9.37 Å². The number of methoxy groups -OCH3 is 1. The first-order valence-corrected chi connectivity index (χ1v) is 8.88. The molecule has 1 aliphatic carbocycles. The second kappa shape index (κ2) is 7.06. The molecule has 0 aliphatic heterocycles. The summed E-state index contributed by atoms with van der Waals surface area (Å²) < 4.78 is 67.0. The maximum Gasteiger partial charge on any atom is 0.434 e. The van der Waals surface area contributed by atoms with Gasteiger partial charge in [-0.05, 0) is 37.0 Å². The van der Waals surface area contributed by atoms with Crippen LogP contribution in [0.5, 0.6) is 11.5 Å². The third kappa shape index (κ3) is 3.76. The Labute approximate surface area is 162 Å². The number of hydrogen-bond donors (Lipinski definition) is 0. The lowest BCUT2D eigenvalue weighted by atomic mass is 10.0. The lowest BCUT2D eigenvalue weighted by Gasteiger charge is -2.15. The molecular formula is C20H16F4N2O3. The molecule has 29 heavy (non-hydrogen) atoms. The zero-order valence-electron chi connectivity index (χ0n) is 15.3. The van der Waals surface area contributed by atoms with E-state index in [1.807, 2.05) is 0 Å². The highest BCUT2D eigenvalue weighted by molar-refractivity contribution is 5.69. The third-order valence-electron chi connectivity index (χ3n) is 4.70. The monoisotopic (exact) mass is 408 g/mol. The zero-order valence-corrected chi connectivity index (χ0v) is 15.3. The van der Waals surface area contributed by atoms with Gasteiger partial charge in [0.25, 0.3) is 5.56 Å². The van der Waals surface area contributed by atoms with Gasteiger partial charge >= 0.3 is 6.18 Å². The molecule has 0 atom stereocenters. The molecule has 0 radical (unpaired) electrons. The van der Waals surface area contributed by atoms with Crippen molar-refractivity contribution in [2.24, 2.45) is 5.92 Å². The van der Waals surface area contributed by atoms with Crippen molar-refractivity contribution in [3.05, 3.63) is 58.4 Å². The molecule has 1 aromatic carbocycles. The fraction of sp³-hybridized carbons (Fsp3) is 0.300. The average molecular weight is 408 g/mol. The summed E-state index contributed by atoms with van der Waals surface area (Å²) in [7, 11) is 1.34. The summed E-state index contributed by atoms with van der Waals surface area (Å²) in [5.74, 6) is -0.122. The van der Waals surface area contributed by atoms with Gasteiger partial charge in [-0.15, -0.1) is 0 Å². The van der Waals surface area contributed by atoms with Crippen LogP contribution in [-0.2, 0) is 6.18 Å². The fourth-order valence-electron chi connectivity index (χ4n) is 2.98. The van der Waals surface area contributed by atoms with E-state index in [1.165, 1.54) is 31.5 Å². The molecule has 3 aromatic rings. The fourth-order valence-corrected chi connectivity index (χ4v) is 2.98. The van der Waals surface area contributed by atoms with Gasteiger partial charge in [-0.1, -0.05) is 0 Å². The van der Waals surface area contributed by atoms with Crippen molar-refractivity contribution in [1.29, 1.82) is 0 Å². The van der Waals surface area contributed by atoms with Crippen molar-refractivity contribution in [3.63, 3.8) is 0 Å². The van der Waals surface area contributed by atoms with Crippen LogP contribution in [0.25, 0.3) is 16.8 Å². The Bertz CT molecular complexity index is 1140. The van der Waals surface area contributed by atoms with Crippen LogP contribution in [0.4, 0.5) is 17.6 Å². The summed E-state index contributed by atoms with van der Waals surface area (Å²) in [6.07, 6.45) is -1.64. The van der Waals surface area contributed by atoms with Crippen molar-refractivity contribution < 1.29 is 27.0 Å². The summed E-state index contributed by atoms with van der Waals surface area (Å²) in [5.41, 5.74) is -4.09. The van der Waals surface area contributed by atoms with Crippen LogP contribution in [0.1, 0.15) is 18.5 Å². The van der Waals surface area contributed by atoms with Gasteiger partial charge in [-0.3, -0.25) is 9.20 Å². The number of rotatable bonds is 5. The van der Waals surface area contributed by atoms with E-state index in [2.05, 4.69) is 4.98 Å². The van der Waals surface area contributed by atoms with Crippen molar-refractivity contribution in [2.45, 2.75) is 19.0 Å². The van der Waals surface area contributed by atoms with E-state index >= 15 is 0 Å². The third-order valence-corrected chi connectivity index (χ3v) is 4.70. The van der Waals surface area contributed by atoms with Crippen molar-refractivity contribution in [3.8, 4) is 22.6 Å². The first kappa shape index (κ1) is 19.2. The first-order chi connectivity index (χ1) is 13.8. The Morgan fingerprint density at radius 2 is 1.93 bits per heavy atom. The van der Waals surface area contributed by atoms with Crippen LogP contribution in [0, 0.1) is 11.7 Å². The van der Waals surface area contributed by atoms with Crippen LogP contribution >= 0.6 is 0 Å². The molecule has 1 saturated carbocycles. The Morgan fingerprint density at radius 3 is 2.55 bits per heavy atom. The van der Waals surface area contributed by atoms with Crippen LogP contribution in [0.15, 0.2) is 41.3 Å². The first-order valence-electron chi connectivity index (χ1n) is 8.88. The van der Waals surface area contributed by atoms with Gasteiger partial charge in [0, 0.05) is 23.9 Å². The smallest absolute Gasteiger partial charge is 0.434 e. The topological polar surface area (TPSA) is 52.8 Å². The minimum atomic E-state index is -4.96. The van der Waals surface area contributed by atoms with Crippen LogP contribution in [0.2, 0.25) is 0 Å². The maximum atomic E-state index is 14.7. The number of halogens is 4. The quantitative estimate of drug-likeness (QED) is 0.591. The largest absolute Gasteiger partial charge is 0.497 e. The van der Waals surface area contributed by atoms with Crippen LogP contribution in [-0.4, -0.2) is 23.1 Å². The number of hydrogen-bond acceptors (Lipinski definition) is 4. The highest BCUT2D eigenvalue weighted by Crippen LogP contribution is 2.36. The normalized spacial score (nSPS) is 14.2. The SMILES string of the molecule is COc1ccn2c(=O)c(-c3ccc(OCC4CC4)cc3F)c(C(F)(F)F)nc2c1. The number of benzene rings is 1. The average Bonchev–Trinajstić information content (AvgIpc) is 3.50. The number of ether oxygens (including phenoxy) is 2. The molecule has 0 N–H and O–H groups in total. The van der Waals surface area contributed by atoms with E-state index in [1.54, 1.807) is 0 Å². The van der Waals surface area contributed by atoms with E-state index in [9.17, 15) is 22.4 Å². The molecule has 1 aliphatic rings. The van der Waals surface area contributed by atoms with Crippen molar-refractivity contribution >= 4 is 5.65 Å². The highest BCUT2D eigenvalue weighted by Gasteiger charge is 2.38. The minimum Gasteiger partial charge on any atom is -0.497 e. The van der Waals surface area contributed by atoms with E-state index in [0.29, 0.717) is 12.5 Å². The van der Waals surface area contributed by atoms with Crippen LogP contribution < -0.4 is 15.0 Å².